The molecule has 5 rings (SSSR count). The van der Waals surface area contributed by atoms with Crippen molar-refractivity contribution in [3.8, 4) is 0 Å². The molecule has 0 atom stereocenters. The molecule has 0 fully saturated rings. The quantitative estimate of drug-likeness (QED) is 0.242. The standard InChI is InChI=1S/C25H22FN3O7S3/c1-38(31,32)27-22(30)15-29-19-13-17(26)8-10-21(19)37-24(29)14-23-28(11-4-12-39(33,34)35)25-18-6-3-2-5-16(18)7-9-20(25)36-23/h2-3,5-10,13-14H,4,11-12,15H2,1H3,(H-,27,30,33,34,35). The van der Waals surface area contributed by atoms with Crippen molar-refractivity contribution in [2.45, 2.75) is 17.9 Å². The Morgan fingerprint density at radius 2 is 1.92 bits per heavy atom. The van der Waals surface area contributed by atoms with Crippen molar-refractivity contribution < 1.29 is 39.6 Å². The number of sulfonamides is 1. The lowest BCUT2D eigenvalue weighted by molar-refractivity contribution is -0.677. The van der Waals surface area contributed by atoms with Crippen LogP contribution in [0.3, 0.4) is 0 Å². The molecule has 1 aliphatic heterocycles. The molecular formula is C25H22FN3O7S3. The number of benzene rings is 3. The van der Waals surface area contributed by atoms with Crippen molar-refractivity contribution in [2.75, 3.05) is 23.5 Å². The van der Waals surface area contributed by atoms with Gasteiger partial charge >= 0.3 is 5.89 Å². The predicted octanol–water partition coefficient (Wildman–Crippen LogP) is 2.93. The van der Waals surface area contributed by atoms with Crippen molar-refractivity contribution >= 4 is 71.4 Å². The van der Waals surface area contributed by atoms with Gasteiger partial charge in [0.1, 0.15) is 12.4 Å². The first-order chi connectivity index (χ1) is 18.4. The van der Waals surface area contributed by atoms with E-state index in [0.717, 1.165) is 17.0 Å². The number of hydrogen-bond acceptors (Lipinski definition) is 9. The van der Waals surface area contributed by atoms with Gasteiger partial charge in [0.05, 0.1) is 38.6 Å². The zero-order valence-corrected chi connectivity index (χ0v) is 22.9. The Hall–Kier alpha value is -3.46. The fourth-order valence-electron chi connectivity index (χ4n) is 4.44. The van der Waals surface area contributed by atoms with Crippen LogP contribution in [0.1, 0.15) is 12.3 Å². The number of halogens is 1. The van der Waals surface area contributed by atoms with Crippen LogP contribution in [0, 0.1) is 5.82 Å². The van der Waals surface area contributed by atoms with Crippen LogP contribution < -0.4 is 14.2 Å². The molecule has 0 saturated carbocycles. The Bertz CT molecular complexity index is 1870. The Labute approximate surface area is 227 Å². The molecule has 14 heteroatoms. The highest BCUT2D eigenvalue weighted by Crippen LogP contribution is 2.46. The van der Waals surface area contributed by atoms with Crippen molar-refractivity contribution in [3.05, 3.63) is 71.3 Å². The number of thioether (sulfide) groups is 1. The van der Waals surface area contributed by atoms with Crippen molar-refractivity contribution in [1.82, 2.24) is 4.72 Å². The fraction of sp³-hybridized carbons (Fsp3) is 0.200. The summed E-state index contributed by atoms with van der Waals surface area (Å²) in [6.45, 7) is -0.275. The van der Waals surface area contributed by atoms with E-state index >= 15 is 0 Å². The van der Waals surface area contributed by atoms with Crippen molar-refractivity contribution in [2.24, 2.45) is 0 Å². The smallest absolute Gasteiger partial charge is 0.376 e. The number of oxazole rings is 1. The number of fused-ring (bicyclic) bond motifs is 4. The van der Waals surface area contributed by atoms with Crippen molar-refractivity contribution in [3.63, 3.8) is 0 Å². The Morgan fingerprint density at radius 3 is 2.67 bits per heavy atom. The van der Waals surface area contributed by atoms with Gasteiger partial charge in [0.25, 0.3) is 11.4 Å². The molecule has 1 amide bonds. The van der Waals surface area contributed by atoms with Crippen LogP contribution in [0.15, 0.2) is 68.9 Å². The number of aryl methyl sites for hydroxylation is 1. The van der Waals surface area contributed by atoms with Crippen molar-refractivity contribution in [1.29, 1.82) is 0 Å². The van der Waals surface area contributed by atoms with E-state index in [0.29, 0.717) is 32.6 Å². The van der Waals surface area contributed by atoms with E-state index in [1.54, 1.807) is 22.8 Å². The second kappa shape index (κ2) is 10.3. The van der Waals surface area contributed by atoms with Crippen LogP contribution >= 0.6 is 11.8 Å². The average molecular weight is 592 g/mol. The molecule has 0 radical (unpaired) electrons. The first-order valence-electron chi connectivity index (χ1n) is 11.6. The van der Waals surface area contributed by atoms with Crippen LogP contribution in [0.25, 0.3) is 27.9 Å². The zero-order valence-electron chi connectivity index (χ0n) is 20.5. The van der Waals surface area contributed by atoms with E-state index in [2.05, 4.69) is 0 Å². The third-order valence-corrected chi connectivity index (χ3v) is 8.43. The average Bonchev–Trinajstić information content (AvgIpc) is 3.35. The molecule has 0 saturated heterocycles. The largest absolute Gasteiger partial charge is 0.748 e. The summed E-state index contributed by atoms with van der Waals surface area (Å²) in [5.41, 5.74) is 1.58. The second-order valence-electron chi connectivity index (χ2n) is 8.92. The summed E-state index contributed by atoms with van der Waals surface area (Å²) in [7, 11) is -8.25. The van der Waals surface area contributed by atoms with Gasteiger partial charge in [-0.15, -0.1) is 0 Å². The number of nitrogens with one attached hydrogen (secondary N) is 1. The topological polar surface area (TPSA) is 141 Å². The SMILES string of the molecule is CS(=O)(=O)NC(=O)CN1C(=Cc2oc3ccc4ccccc4c3[n+]2CCCS(=O)(=O)[O-])Sc2ccc(F)cc21. The Kier molecular flexibility index (Phi) is 7.13. The summed E-state index contributed by atoms with van der Waals surface area (Å²) in [4.78, 5) is 14.6. The highest BCUT2D eigenvalue weighted by atomic mass is 32.2. The Morgan fingerprint density at radius 1 is 1.15 bits per heavy atom. The molecule has 0 spiro atoms. The zero-order chi connectivity index (χ0) is 27.9. The van der Waals surface area contributed by atoms with E-state index in [9.17, 15) is 30.6 Å². The maximum Gasteiger partial charge on any atom is 0.376 e. The molecule has 0 aliphatic carbocycles. The van der Waals surface area contributed by atoms with Gasteiger partial charge in [0.2, 0.25) is 15.6 Å². The summed E-state index contributed by atoms with van der Waals surface area (Å²) >= 11 is 1.23. The number of nitrogens with zero attached hydrogens (tertiary/aromatic N) is 2. The predicted molar refractivity (Wildman–Crippen MR) is 144 cm³/mol. The highest BCUT2D eigenvalue weighted by molar-refractivity contribution is 8.03. The van der Waals surface area contributed by atoms with E-state index in [-0.39, 0.29) is 13.0 Å². The second-order valence-corrected chi connectivity index (χ2v) is 13.3. The molecule has 0 bridgehead atoms. The molecule has 3 aromatic carbocycles. The molecule has 1 aliphatic rings. The number of amides is 1. The minimum atomic E-state index is -4.44. The summed E-state index contributed by atoms with van der Waals surface area (Å²) in [6, 6.07) is 15.3. The summed E-state index contributed by atoms with van der Waals surface area (Å²) in [6.07, 6.45) is 2.51. The number of carbonyl (C=O) groups excluding carboxylic acids is 1. The normalized spacial score (nSPS) is 14.8. The lowest BCUT2D eigenvalue weighted by Crippen LogP contribution is -2.39. The summed E-state index contributed by atoms with van der Waals surface area (Å²) in [5.74, 6) is -1.61. The van der Waals surface area contributed by atoms with Crippen LogP contribution in [0.5, 0.6) is 0 Å². The lowest BCUT2D eigenvalue weighted by atomic mass is 10.1. The molecule has 0 unspecified atom stereocenters. The molecule has 4 aromatic rings. The van der Waals surface area contributed by atoms with Gasteiger partial charge in [-0.05, 0) is 35.7 Å². The third-order valence-electron chi connectivity index (χ3n) is 5.93. The number of rotatable bonds is 8. The fourth-order valence-corrected chi connectivity index (χ4v) is 6.46. The van der Waals surface area contributed by atoms with Crippen LogP contribution in [0.4, 0.5) is 10.1 Å². The number of carbonyl (C=O) groups is 1. The molecular weight excluding hydrogens is 569 g/mol. The number of aromatic nitrogens is 1. The lowest BCUT2D eigenvalue weighted by Gasteiger charge is -2.19. The van der Waals surface area contributed by atoms with Gasteiger partial charge in [0, 0.05) is 17.1 Å². The van der Waals surface area contributed by atoms with Gasteiger partial charge in [0.15, 0.2) is 6.54 Å². The minimum absolute atomic E-state index is 0.0313. The first kappa shape index (κ1) is 27.1. The van der Waals surface area contributed by atoms with Crippen LogP contribution in [0.2, 0.25) is 0 Å². The molecule has 204 valence electrons. The monoisotopic (exact) mass is 591 g/mol. The molecule has 1 N–H and O–H groups in total. The van der Waals surface area contributed by atoms with Gasteiger partial charge < -0.3 is 13.9 Å². The summed E-state index contributed by atoms with van der Waals surface area (Å²) < 4.78 is 81.0. The van der Waals surface area contributed by atoms with Gasteiger partial charge in [-0.25, -0.2) is 21.2 Å². The Balaban J connectivity index is 1.63. The third kappa shape index (κ3) is 6.08. The summed E-state index contributed by atoms with van der Waals surface area (Å²) in [5, 5.41) is 2.22. The van der Waals surface area contributed by atoms with Gasteiger partial charge in [-0.1, -0.05) is 36.0 Å². The van der Waals surface area contributed by atoms with E-state index in [1.807, 2.05) is 35.1 Å². The van der Waals surface area contributed by atoms with E-state index < -0.39 is 44.2 Å². The van der Waals surface area contributed by atoms with Gasteiger partial charge in [-0.3, -0.25) is 9.52 Å². The molecule has 2 heterocycles. The van der Waals surface area contributed by atoms with Gasteiger partial charge in [-0.2, -0.15) is 4.57 Å². The first-order valence-corrected chi connectivity index (χ1v) is 15.9. The number of hydrogen-bond donors (Lipinski definition) is 1. The minimum Gasteiger partial charge on any atom is -0.748 e. The van der Waals surface area contributed by atoms with Crippen LogP contribution in [-0.2, 0) is 31.5 Å². The maximum atomic E-state index is 14.1. The van der Waals surface area contributed by atoms with E-state index in [4.69, 9.17) is 4.42 Å². The van der Waals surface area contributed by atoms with E-state index in [1.165, 1.54) is 28.8 Å². The molecule has 39 heavy (non-hydrogen) atoms. The number of anilines is 1. The molecule has 1 aromatic heterocycles. The van der Waals surface area contributed by atoms with Crippen LogP contribution in [-0.4, -0.2) is 45.8 Å². The molecule has 10 nitrogen and oxygen atoms in total. The maximum absolute atomic E-state index is 14.1. The highest BCUT2D eigenvalue weighted by Gasteiger charge is 2.31.